The lowest BCUT2D eigenvalue weighted by atomic mass is 10.1. The highest BCUT2D eigenvalue weighted by Crippen LogP contribution is 2.45. The predicted octanol–water partition coefficient (Wildman–Crippen LogP) is 2.28. The summed E-state index contributed by atoms with van der Waals surface area (Å²) in [4.78, 5) is 4.95. The maximum Gasteiger partial charge on any atom is 0.0104 e. The van der Waals surface area contributed by atoms with E-state index in [1.807, 2.05) is 13.8 Å². The maximum atomic E-state index is 3.27. The van der Waals surface area contributed by atoms with E-state index >= 15 is 0 Å². The number of piperidine rings is 1. The number of piperazine rings is 1. The SMILES string of the molecule is CC.CC(C)N1CCC2CC2C1.CN1CCNCC1. The van der Waals surface area contributed by atoms with Crippen molar-refractivity contribution in [3.05, 3.63) is 0 Å². The normalized spacial score (nSPS) is 30.6. The molecule has 2 heterocycles. The number of hydrogen-bond acceptors (Lipinski definition) is 3. The third-order valence-electron chi connectivity index (χ3n) is 4.40. The molecule has 0 radical (unpaired) electrons. The summed E-state index contributed by atoms with van der Waals surface area (Å²) in [6.45, 7) is 16.1. The molecule has 0 bridgehead atoms. The van der Waals surface area contributed by atoms with E-state index in [1.165, 1.54) is 39.0 Å². The van der Waals surface area contributed by atoms with E-state index in [4.69, 9.17) is 0 Å². The van der Waals surface area contributed by atoms with Crippen LogP contribution in [0.15, 0.2) is 0 Å². The fraction of sp³-hybridized carbons (Fsp3) is 1.00. The lowest BCUT2D eigenvalue weighted by Gasteiger charge is -2.29. The molecule has 2 saturated heterocycles. The van der Waals surface area contributed by atoms with Crippen LogP contribution in [-0.2, 0) is 0 Å². The van der Waals surface area contributed by atoms with Crippen LogP contribution >= 0.6 is 0 Å². The molecular formula is C16H35N3. The zero-order valence-corrected chi connectivity index (χ0v) is 13.8. The zero-order valence-electron chi connectivity index (χ0n) is 13.8. The molecule has 0 spiro atoms. The predicted molar refractivity (Wildman–Crippen MR) is 84.6 cm³/mol. The van der Waals surface area contributed by atoms with Crippen molar-refractivity contribution < 1.29 is 0 Å². The largest absolute Gasteiger partial charge is 0.314 e. The van der Waals surface area contributed by atoms with Crippen LogP contribution in [0.25, 0.3) is 0 Å². The Bertz CT molecular complexity index is 224. The molecule has 3 heteroatoms. The average Bonchev–Trinajstić information content (AvgIpc) is 3.20. The molecule has 19 heavy (non-hydrogen) atoms. The van der Waals surface area contributed by atoms with Gasteiger partial charge in [-0.2, -0.15) is 0 Å². The van der Waals surface area contributed by atoms with Crippen LogP contribution in [0.3, 0.4) is 0 Å². The number of hydrogen-bond donors (Lipinski definition) is 1. The molecule has 0 aromatic heterocycles. The van der Waals surface area contributed by atoms with Crippen molar-refractivity contribution >= 4 is 0 Å². The molecule has 1 saturated carbocycles. The number of nitrogens with zero attached hydrogens (tertiary/aromatic N) is 2. The zero-order chi connectivity index (χ0) is 14.3. The Hall–Kier alpha value is -0.120. The van der Waals surface area contributed by atoms with Crippen LogP contribution < -0.4 is 5.32 Å². The van der Waals surface area contributed by atoms with E-state index < -0.39 is 0 Å². The summed E-state index contributed by atoms with van der Waals surface area (Å²) in [6, 6.07) is 0.779. The summed E-state index contributed by atoms with van der Waals surface area (Å²) in [5, 5.41) is 3.27. The third kappa shape index (κ3) is 6.24. The first kappa shape index (κ1) is 16.9. The van der Waals surface area contributed by atoms with Gasteiger partial charge in [-0.25, -0.2) is 0 Å². The number of likely N-dealkylation sites (N-methyl/N-ethyl adjacent to an activating group) is 1. The van der Waals surface area contributed by atoms with Gasteiger partial charge in [-0.3, -0.25) is 0 Å². The Morgan fingerprint density at radius 3 is 2.05 bits per heavy atom. The Kier molecular flexibility index (Phi) is 7.96. The molecular weight excluding hydrogens is 234 g/mol. The Morgan fingerprint density at radius 2 is 1.63 bits per heavy atom. The molecule has 0 amide bonds. The molecule has 114 valence electrons. The minimum Gasteiger partial charge on any atom is -0.314 e. The molecule has 3 rings (SSSR count). The second-order valence-corrected chi connectivity index (χ2v) is 6.19. The van der Waals surface area contributed by atoms with Crippen LogP contribution in [0.2, 0.25) is 0 Å². The molecule has 0 aromatic carbocycles. The van der Waals surface area contributed by atoms with Gasteiger partial charge in [0.15, 0.2) is 0 Å². The van der Waals surface area contributed by atoms with Crippen molar-refractivity contribution in [3.8, 4) is 0 Å². The van der Waals surface area contributed by atoms with Crippen LogP contribution in [0, 0.1) is 11.8 Å². The smallest absolute Gasteiger partial charge is 0.0104 e. The van der Waals surface area contributed by atoms with Gasteiger partial charge >= 0.3 is 0 Å². The van der Waals surface area contributed by atoms with Gasteiger partial charge in [-0.15, -0.1) is 0 Å². The highest BCUT2D eigenvalue weighted by Gasteiger charge is 2.41. The average molecular weight is 269 g/mol. The first-order chi connectivity index (χ1) is 9.16. The second-order valence-electron chi connectivity index (χ2n) is 6.19. The molecule has 2 aliphatic heterocycles. The van der Waals surface area contributed by atoms with E-state index in [0.29, 0.717) is 0 Å². The topological polar surface area (TPSA) is 18.5 Å². The van der Waals surface area contributed by atoms with E-state index in [2.05, 4.69) is 36.0 Å². The first-order valence-corrected chi connectivity index (χ1v) is 8.30. The van der Waals surface area contributed by atoms with Gasteiger partial charge in [0.1, 0.15) is 0 Å². The van der Waals surface area contributed by atoms with E-state index in [9.17, 15) is 0 Å². The molecule has 1 aliphatic carbocycles. The minimum absolute atomic E-state index is 0.779. The fourth-order valence-corrected chi connectivity index (χ4v) is 2.86. The van der Waals surface area contributed by atoms with E-state index in [0.717, 1.165) is 31.0 Å². The summed E-state index contributed by atoms with van der Waals surface area (Å²) in [5.74, 6) is 2.23. The number of likely N-dealkylation sites (tertiary alicyclic amines) is 1. The van der Waals surface area contributed by atoms with Crippen molar-refractivity contribution in [3.63, 3.8) is 0 Å². The molecule has 1 N–H and O–H groups in total. The van der Waals surface area contributed by atoms with Crippen LogP contribution in [0.5, 0.6) is 0 Å². The standard InChI is InChI=1S/C9H17N.C5H12N2.C2H6/c1-7(2)10-4-3-8-5-9(8)6-10;1-7-4-2-6-3-5-7;1-2/h7-9H,3-6H2,1-2H3;6H,2-5H2,1H3;1-2H3. The van der Waals surface area contributed by atoms with Gasteiger partial charge in [0, 0.05) is 38.8 Å². The summed E-state index contributed by atoms with van der Waals surface area (Å²) in [5.41, 5.74) is 0. The number of fused-ring (bicyclic) bond motifs is 1. The Balaban J connectivity index is 0.000000177. The summed E-state index contributed by atoms with van der Waals surface area (Å²) < 4.78 is 0. The quantitative estimate of drug-likeness (QED) is 0.788. The van der Waals surface area contributed by atoms with Crippen molar-refractivity contribution in [1.82, 2.24) is 15.1 Å². The van der Waals surface area contributed by atoms with Gasteiger partial charge in [-0.05, 0) is 52.1 Å². The van der Waals surface area contributed by atoms with E-state index in [1.54, 1.807) is 0 Å². The van der Waals surface area contributed by atoms with Gasteiger partial charge < -0.3 is 15.1 Å². The Morgan fingerprint density at radius 1 is 1.00 bits per heavy atom. The highest BCUT2D eigenvalue weighted by molar-refractivity contribution is 4.93. The lowest BCUT2D eigenvalue weighted by molar-refractivity contribution is 0.177. The Labute approximate surface area is 120 Å². The van der Waals surface area contributed by atoms with Crippen LogP contribution in [0.1, 0.15) is 40.5 Å². The van der Waals surface area contributed by atoms with Crippen molar-refractivity contribution in [1.29, 1.82) is 0 Å². The van der Waals surface area contributed by atoms with Crippen molar-refractivity contribution in [2.45, 2.75) is 46.6 Å². The maximum absolute atomic E-state index is 3.27. The molecule has 2 atom stereocenters. The molecule has 3 nitrogen and oxygen atoms in total. The third-order valence-corrected chi connectivity index (χ3v) is 4.40. The number of rotatable bonds is 1. The highest BCUT2D eigenvalue weighted by atomic mass is 15.2. The first-order valence-electron chi connectivity index (χ1n) is 8.30. The molecule has 3 fully saturated rings. The van der Waals surface area contributed by atoms with Crippen molar-refractivity contribution in [2.75, 3.05) is 46.3 Å². The van der Waals surface area contributed by atoms with Gasteiger partial charge in [0.25, 0.3) is 0 Å². The van der Waals surface area contributed by atoms with Gasteiger partial charge in [-0.1, -0.05) is 13.8 Å². The fourth-order valence-electron chi connectivity index (χ4n) is 2.86. The second kappa shape index (κ2) is 8.93. The molecule has 0 aromatic rings. The summed E-state index contributed by atoms with van der Waals surface area (Å²) in [6.07, 6.45) is 3.01. The lowest BCUT2D eigenvalue weighted by Crippen LogP contribution is -2.40. The summed E-state index contributed by atoms with van der Waals surface area (Å²) >= 11 is 0. The minimum atomic E-state index is 0.779. The van der Waals surface area contributed by atoms with Crippen molar-refractivity contribution in [2.24, 2.45) is 11.8 Å². The van der Waals surface area contributed by atoms with E-state index in [-0.39, 0.29) is 0 Å². The van der Waals surface area contributed by atoms with Crippen LogP contribution in [-0.4, -0.2) is 62.2 Å². The summed E-state index contributed by atoms with van der Waals surface area (Å²) in [7, 11) is 2.15. The molecule has 3 aliphatic rings. The van der Waals surface area contributed by atoms with Gasteiger partial charge in [0.2, 0.25) is 0 Å². The molecule has 2 unspecified atom stereocenters. The van der Waals surface area contributed by atoms with Crippen LogP contribution in [0.4, 0.5) is 0 Å². The monoisotopic (exact) mass is 269 g/mol. The number of nitrogens with one attached hydrogen (secondary N) is 1. The van der Waals surface area contributed by atoms with Gasteiger partial charge in [0.05, 0.1) is 0 Å².